The van der Waals surface area contributed by atoms with Crippen LogP contribution in [0.5, 0.6) is 17.2 Å². The highest BCUT2D eigenvalue weighted by atomic mass is 19.1. The summed E-state index contributed by atoms with van der Waals surface area (Å²) in [5.74, 6) is 0.868. The molecule has 1 aliphatic heterocycles. The van der Waals surface area contributed by atoms with Crippen molar-refractivity contribution in [2.75, 3.05) is 33.9 Å². The van der Waals surface area contributed by atoms with Gasteiger partial charge in [0.05, 0.1) is 11.8 Å². The average Bonchev–Trinajstić information content (AvgIpc) is 3.34. The number of pyridine rings is 1. The first-order valence-electron chi connectivity index (χ1n) is 11.3. The van der Waals surface area contributed by atoms with Crippen LogP contribution < -0.4 is 14.2 Å². The average molecular weight is 477 g/mol. The van der Waals surface area contributed by atoms with E-state index in [0.717, 1.165) is 0 Å². The number of Topliss-reactive ketones (excluding diaryl/α,β-unsaturated/α-hetero) is 1. The normalized spacial score (nSPS) is 14.9. The van der Waals surface area contributed by atoms with Gasteiger partial charge in [0.25, 0.3) is 0 Å². The fourth-order valence-electron chi connectivity index (χ4n) is 3.96. The van der Waals surface area contributed by atoms with Gasteiger partial charge in [-0.3, -0.25) is 4.79 Å². The van der Waals surface area contributed by atoms with Crippen LogP contribution in [0.15, 0.2) is 55.0 Å². The fourth-order valence-corrected chi connectivity index (χ4v) is 3.96. The summed E-state index contributed by atoms with van der Waals surface area (Å²) in [7, 11) is 3.88. The standard InChI is InChI=1S/C26H25FN4O4/c1-31(2)9-10-33-23-13-18(17-7-8-28-26-25(17)29-15-30-26)19(27)11-16(23)12-20(32)24-14-34-21-5-3-4-6-22(21)35-24/h3-8,11,13,15,24H,9-10,12,14H2,1-2H3,(H,28,29,30). The minimum absolute atomic E-state index is 0.0551. The van der Waals surface area contributed by atoms with Crippen molar-refractivity contribution in [1.29, 1.82) is 0 Å². The Morgan fingerprint density at radius 2 is 2.00 bits per heavy atom. The summed E-state index contributed by atoms with van der Waals surface area (Å²) < 4.78 is 33.0. The number of H-pyrrole nitrogens is 1. The van der Waals surface area contributed by atoms with Crippen LogP contribution in [0, 0.1) is 5.82 Å². The molecule has 0 amide bonds. The third kappa shape index (κ3) is 4.81. The maximum Gasteiger partial charge on any atom is 0.191 e. The SMILES string of the molecule is CN(C)CCOc1cc(-c2ccnc3nc[nH]c23)c(F)cc1CC(=O)C1COc2ccccc2O1. The highest BCUT2D eigenvalue weighted by Gasteiger charge is 2.28. The van der Waals surface area contributed by atoms with Crippen LogP contribution in [0.2, 0.25) is 0 Å². The molecule has 4 aromatic rings. The maximum absolute atomic E-state index is 15.4. The third-order valence-electron chi connectivity index (χ3n) is 5.80. The molecule has 0 saturated carbocycles. The lowest BCUT2D eigenvalue weighted by atomic mass is 9.98. The summed E-state index contributed by atoms with van der Waals surface area (Å²) in [6.07, 6.45) is 2.26. The lowest BCUT2D eigenvalue weighted by molar-refractivity contribution is -0.127. The van der Waals surface area contributed by atoms with Gasteiger partial charge in [-0.25, -0.2) is 14.4 Å². The lowest BCUT2D eigenvalue weighted by Crippen LogP contribution is -2.37. The summed E-state index contributed by atoms with van der Waals surface area (Å²) >= 11 is 0. The number of halogens is 1. The molecule has 5 rings (SSSR count). The number of nitrogens with zero attached hydrogens (tertiary/aromatic N) is 3. The van der Waals surface area contributed by atoms with Gasteiger partial charge in [-0.15, -0.1) is 0 Å². The van der Waals surface area contributed by atoms with Crippen LogP contribution in [-0.4, -0.2) is 65.6 Å². The number of ketones is 1. The molecule has 1 aliphatic rings. The van der Waals surface area contributed by atoms with Crippen molar-refractivity contribution in [3.63, 3.8) is 0 Å². The van der Waals surface area contributed by atoms with Crippen LogP contribution in [-0.2, 0) is 11.2 Å². The van der Waals surface area contributed by atoms with Gasteiger partial charge < -0.3 is 24.1 Å². The van der Waals surface area contributed by atoms with Gasteiger partial charge in [-0.1, -0.05) is 12.1 Å². The number of likely N-dealkylation sites (N-methyl/N-ethyl adjacent to an activating group) is 1. The number of benzene rings is 2. The van der Waals surface area contributed by atoms with E-state index in [1.165, 1.54) is 12.4 Å². The molecule has 9 heteroatoms. The van der Waals surface area contributed by atoms with Crippen LogP contribution in [0.1, 0.15) is 5.56 Å². The third-order valence-corrected chi connectivity index (χ3v) is 5.80. The van der Waals surface area contributed by atoms with Crippen LogP contribution in [0.4, 0.5) is 4.39 Å². The molecular formula is C26H25FN4O4. The number of nitrogens with one attached hydrogen (secondary N) is 1. The Morgan fingerprint density at radius 1 is 1.17 bits per heavy atom. The predicted octanol–water partition coefficient (Wildman–Crippen LogP) is 3.66. The Morgan fingerprint density at radius 3 is 2.83 bits per heavy atom. The van der Waals surface area contributed by atoms with Crippen LogP contribution in [0.3, 0.4) is 0 Å². The van der Waals surface area contributed by atoms with Gasteiger partial charge in [-0.05, 0) is 44.4 Å². The van der Waals surface area contributed by atoms with E-state index < -0.39 is 11.9 Å². The Hall–Kier alpha value is -3.98. The van der Waals surface area contributed by atoms with Gasteiger partial charge in [-0.2, -0.15) is 0 Å². The van der Waals surface area contributed by atoms with Crippen molar-refractivity contribution < 1.29 is 23.4 Å². The zero-order chi connectivity index (χ0) is 24.4. The number of rotatable bonds is 8. The molecule has 0 fully saturated rings. The van der Waals surface area contributed by atoms with Crippen LogP contribution in [0.25, 0.3) is 22.3 Å². The minimum atomic E-state index is -0.785. The molecule has 2 aromatic carbocycles. The van der Waals surface area contributed by atoms with E-state index in [4.69, 9.17) is 14.2 Å². The number of hydrogen-bond acceptors (Lipinski definition) is 7. The van der Waals surface area contributed by atoms with Gasteiger partial charge in [0.2, 0.25) is 0 Å². The molecule has 2 aromatic heterocycles. The Kier molecular flexibility index (Phi) is 6.33. The number of hydrogen-bond donors (Lipinski definition) is 1. The molecule has 35 heavy (non-hydrogen) atoms. The monoisotopic (exact) mass is 476 g/mol. The predicted molar refractivity (Wildman–Crippen MR) is 128 cm³/mol. The van der Waals surface area contributed by atoms with Gasteiger partial charge in [0.15, 0.2) is 29.0 Å². The number of ether oxygens (including phenoxy) is 3. The number of imidazole rings is 1. The molecule has 3 heterocycles. The maximum atomic E-state index is 15.4. The van der Waals surface area contributed by atoms with Crippen molar-refractivity contribution in [2.45, 2.75) is 12.5 Å². The topological polar surface area (TPSA) is 89.6 Å². The van der Waals surface area contributed by atoms with E-state index >= 15 is 4.39 Å². The van der Waals surface area contributed by atoms with Crippen LogP contribution >= 0.6 is 0 Å². The molecule has 0 aliphatic carbocycles. The molecule has 180 valence electrons. The number of carbonyl (C=O) groups is 1. The number of aromatic nitrogens is 3. The molecule has 8 nitrogen and oxygen atoms in total. The number of fused-ring (bicyclic) bond motifs is 2. The number of carbonyl (C=O) groups excluding carboxylic acids is 1. The second-order valence-corrected chi connectivity index (χ2v) is 8.56. The van der Waals surface area contributed by atoms with E-state index in [0.29, 0.717) is 58.3 Å². The highest BCUT2D eigenvalue weighted by Crippen LogP contribution is 2.35. The Bertz CT molecular complexity index is 1370. The fraction of sp³-hybridized carbons (Fsp3) is 0.269. The molecule has 1 unspecified atom stereocenters. The second-order valence-electron chi connectivity index (χ2n) is 8.56. The summed E-state index contributed by atoms with van der Waals surface area (Å²) in [5.41, 5.74) is 2.52. The summed E-state index contributed by atoms with van der Waals surface area (Å²) in [6, 6.07) is 11.9. The lowest BCUT2D eigenvalue weighted by Gasteiger charge is -2.25. The molecule has 1 N–H and O–H groups in total. The number of para-hydroxylation sites is 2. The molecule has 0 bridgehead atoms. The largest absolute Gasteiger partial charge is 0.492 e. The Labute approximate surface area is 201 Å². The molecule has 1 atom stereocenters. The second kappa shape index (κ2) is 9.71. The van der Waals surface area contributed by atoms with E-state index in [1.54, 1.807) is 30.5 Å². The van der Waals surface area contributed by atoms with Crippen molar-refractivity contribution in [2.24, 2.45) is 0 Å². The summed E-state index contributed by atoms with van der Waals surface area (Å²) in [6.45, 7) is 1.14. The zero-order valence-corrected chi connectivity index (χ0v) is 19.5. The quantitative estimate of drug-likeness (QED) is 0.415. The molecular weight excluding hydrogens is 451 g/mol. The first-order chi connectivity index (χ1) is 17.0. The molecule has 0 saturated heterocycles. The zero-order valence-electron chi connectivity index (χ0n) is 19.5. The summed E-state index contributed by atoms with van der Waals surface area (Å²) in [5, 5.41) is 0. The van der Waals surface area contributed by atoms with Crippen molar-refractivity contribution in [3.05, 3.63) is 66.4 Å². The van der Waals surface area contributed by atoms with E-state index in [2.05, 4.69) is 15.0 Å². The minimum Gasteiger partial charge on any atom is -0.492 e. The molecule has 0 spiro atoms. The first kappa shape index (κ1) is 22.8. The van der Waals surface area contributed by atoms with E-state index in [-0.39, 0.29) is 18.8 Å². The van der Waals surface area contributed by atoms with Gasteiger partial charge in [0, 0.05) is 35.9 Å². The van der Waals surface area contributed by atoms with Gasteiger partial charge in [0.1, 0.15) is 24.8 Å². The van der Waals surface area contributed by atoms with E-state index in [1.807, 2.05) is 31.1 Å². The first-order valence-corrected chi connectivity index (χ1v) is 11.3. The van der Waals surface area contributed by atoms with Crippen molar-refractivity contribution >= 4 is 16.9 Å². The van der Waals surface area contributed by atoms with E-state index in [9.17, 15) is 4.79 Å². The Balaban J connectivity index is 1.45. The summed E-state index contributed by atoms with van der Waals surface area (Å²) in [4.78, 5) is 26.5. The van der Waals surface area contributed by atoms with Gasteiger partial charge >= 0.3 is 0 Å². The number of aromatic amines is 1. The van der Waals surface area contributed by atoms with Crippen molar-refractivity contribution in [3.8, 4) is 28.4 Å². The smallest absolute Gasteiger partial charge is 0.191 e. The molecule has 0 radical (unpaired) electrons. The highest BCUT2D eigenvalue weighted by molar-refractivity contribution is 5.91. The van der Waals surface area contributed by atoms with Crippen molar-refractivity contribution in [1.82, 2.24) is 19.9 Å².